The van der Waals surface area contributed by atoms with Gasteiger partial charge in [-0.05, 0) is 5.92 Å². The van der Waals surface area contributed by atoms with Gasteiger partial charge in [-0.2, -0.15) is 0 Å². The second kappa shape index (κ2) is 27.0. The van der Waals surface area contributed by atoms with Gasteiger partial charge < -0.3 is 0 Å². The summed E-state index contributed by atoms with van der Waals surface area (Å²) in [5.74, 6) is 1.03. The van der Waals surface area contributed by atoms with E-state index < -0.39 is 0 Å². The first-order valence-corrected chi connectivity index (χ1v) is 14.8. The minimum atomic E-state index is 1.03. The van der Waals surface area contributed by atoms with E-state index in [0.717, 1.165) is 5.92 Å². The second-order valence-electron chi connectivity index (χ2n) is 10.3. The van der Waals surface area contributed by atoms with Crippen LogP contribution in [0.5, 0.6) is 0 Å². The lowest BCUT2D eigenvalue weighted by molar-refractivity contribution is 0.379. The molecule has 30 heavy (non-hydrogen) atoms. The standard InChI is InChI=1S/C30H62/c1-4-7-9-10-11-12-13-14-15-16-17-18-19-20-21-22-23-24-26-29-30(27-6-3)28-25-8-5-2/h30H,4-29H2,1-3H3. The lowest BCUT2D eigenvalue weighted by atomic mass is 9.91. The number of hydrogen-bond acceptors (Lipinski definition) is 0. The van der Waals surface area contributed by atoms with Crippen molar-refractivity contribution in [3.63, 3.8) is 0 Å². The van der Waals surface area contributed by atoms with E-state index in [0.29, 0.717) is 0 Å². The van der Waals surface area contributed by atoms with Crippen LogP contribution in [0, 0.1) is 5.92 Å². The molecule has 0 aliphatic rings. The zero-order valence-corrected chi connectivity index (χ0v) is 22.0. The highest BCUT2D eigenvalue weighted by atomic mass is 14.1. The van der Waals surface area contributed by atoms with E-state index in [1.54, 1.807) is 0 Å². The van der Waals surface area contributed by atoms with Gasteiger partial charge in [-0.25, -0.2) is 0 Å². The van der Waals surface area contributed by atoms with E-state index in [1.807, 2.05) is 0 Å². The molecule has 0 saturated carbocycles. The topological polar surface area (TPSA) is 0 Å². The summed E-state index contributed by atoms with van der Waals surface area (Å²) in [4.78, 5) is 0. The molecule has 0 aromatic heterocycles. The Hall–Kier alpha value is 0. The van der Waals surface area contributed by atoms with E-state index in [-0.39, 0.29) is 0 Å². The second-order valence-corrected chi connectivity index (χ2v) is 10.3. The summed E-state index contributed by atoms with van der Waals surface area (Å²) in [7, 11) is 0. The molecule has 182 valence electrons. The monoisotopic (exact) mass is 422 g/mol. The molecule has 0 saturated heterocycles. The maximum atomic E-state index is 2.36. The molecule has 0 radical (unpaired) electrons. The summed E-state index contributed by atoms with van der Waals surface area (Å²) in [5, 5.41) is 0. The van der Waals surface area contributed by atoms with Crippen LogP contribution in [0.2, 0.25) is 0 Å². The molecule has 0 fully saturated rings. The van der Waals surface area contributed by atoms with E-state index in [9.17, 15) is 0 Å². The molecule has 0 bridgehead atoms. The Morgan fingerprint density at radius 1 is 0.267 bits per heavy atom. The number of hydrogen-bond donors (Lipinski definition) is 0. The first-order valence-electron chi connectivity index (χ1n) is 14.8. The van der Waals surface area contributed by atoms with Crippen LogP contribution in [0.3, 0.4) is 0 Å². The zero-order chi connectivity index (χ0) is 22.0. The highest BCUT2D eigenvalue weighted by Crippen LogP contribution is 2.23. The van der Waals surface area contributed by atoms with Crippen molar-refractivity contribution < 1.29 is 0 Å². The molecule has 0 heterocycles. The maximum Gasteiger partial charge on any atom is -0.0414 e. The van der Waals surface area contributed by atoms with Gasteiger partial charge in [-0.3, -0.25) is 0 Å². The SMILES string of the molecule is CCCCCCCCCCCCCCCCCCCCCC(CCC)CCCCC. The minimum Gasteiger partial charge on any atom is -0.0654 e. The summed E-state index contributed by atoms with van der Waals surface area (Å²) in [6.45, 7) is 7.00. The fourth-order valence-corrected chi connectivity index (χ4v) is 5.04. The third-order valence-electron chi connectivity index (χ3n) is 7.13. The molecule has 0 amide bonds. The summed E-state index contributed by atoms with van der Waals surface area (Å²) in [6, 6.07) is 0. The molecule has 0 N–H and O–H groups in total. The fraction of sp³-hybridized carbons (Fsp3) is 1.00. The van der Waals surface area contributed by atoms with Gasteiger partial charge in [-0.1, -0.05) is 188 Å². The van der Waals surface area contributed by atoms with Gasteiger partial charge in [0, 0.05) is 0 Å². The molecule has 0 heteroatoms. The summed E-state index contributed by atoms with van der Waals surface area (Å²) in [5.41, 5.74) is 0. The highest BCUT2D eigenvalue weighted by molar-refractivity contribution is 4.60. The molecule has 0 nitrogen and oxygen atoms in total. The molecule has 1 unspecified atom stereocenters. The number of unbranched alkanes of at least 4 members (excludes halogenated alkanes) is 20. The van der Waals surface area contributed by atoms with Crippen LogP contribution in [0.1, 0.15) is 188 Å². The van der Waals surface area contributed by atoms with Crippen LogP contribution in [0.4, 0.5) is 0 Å². The van der Waals surface area contributed by atoms with Gasteiger partial charge in [0.25, 0.3) is 0 Å². The van der Waals surface area contributed by atoms with Crippen LogP contribution in [0.15, 0.2) is 0 Å². The largest absolute Gasteiger partial charge is 0.0654 e. The molecule has 0 aliphatic heterocycles. The van der Waals surface area contributed by atoms with Crippen molar-refractivity contribution in [3.05, 3.63) is 0 Å². The van der Waals surface area contributed by atoms with Crippen molar-refractivity contribution in [2.45, 2.75) is 188 Å². The lowest BCUT2D eigenvalue weighted by Crippen LogP contribution is -2.00. The third kappa shape index (κ3) is 24.3. The Balaban J connectivity index is 3.20. The lowest BCUT2D eigenvalue weighted by Gasteiger charge is -2.15. The first kappa shape index (κ1) is 30.0. The quantitative estimate of drug-likeness (QED) is 0.122. The minimum absolute atomic E-state index is 1.03. The molecule has 0 aliphatic carbocycles. The van der Waals surface area contributed by atoms with Crippen molar-refractivity contribution >= 4 is 0 Å². The Labute approximate surface area is 193 Å². The molecule has 0 aromatic carbocycles. The van der Waals surface area contributed by atoms with Crippen LogP contribution >= 0.6 is 0 Å². The van der Waals surface area contributed by atoms with Crippen LogP contribution in [0.25, 0.3) is 0 Å². The Morgan fingerprint density at radius 2 is 0.533 bits per heavy atom. The van der Waals surface area contributed by atoms with Gasteiger partial charge in [0.05, 0.1) is 0 Å². The predicted octanol–water partition coefficient (Wildman–Crippen LogP) is 11.8. The van der Waals surface area contributed by atoms with Crippen LogP contribution in [-0.4, -0.2) is 0 Å². The molecule has 0 aromatic rings. The Kier molecular flexibility index (Phi) is 27.0. The van der Waals surface area contributed by atoms with Crippen molar-refractivity contribution in [1.82, 2.24) is 0 Å². The maximum absolute atomic E-state index is 2.36. The van der Waals surface area contributed by atoms with Crippen molar-refractivity contribution in [1.29, 1.82) is 0 Å². The highest BCUT2D eigenvalue weighted by Gasteiger charge is 2.07. The molecular formula is C30H62. The third-order valence-corrected chi connectivity index (χ3v) is 7.13. The van der Waals surface area contributed by atoms with Crippen molar-refractivity contribution in [2.75, 3.05) is 0 Å². The molecule has 0 spiro atoms. The summed E-state index contributed by atoms with van der Waals surface area (Å²) >= 11 is 0. The van der Waals surface area contributed by atoms with E-state index >= 15 is 0 Å². The fourth-order valence-electron chi connectivity index (χ4n) is 5.04. The molecular weight excluding hydrogens is 360 g/mol. The molecule has 1 atom stereocenters. The van der Waals surface area contributed by atoms with Crippen LogP contribution < -0.4 is 0 Å². The van der Waals surface area contributed by atoms with E-state index in [1.165, 1.54) is 167 Å². The molecule has 0 rings (SSSR count). The first-order chi connectivity index (χ1) is 14.8. The van der Waals surface area contributed by atoms with Gasteiger partial charge in [-0.15, -0.1) is 0 Å². The van der Waals surface area contributed by atoms with Gasteiger partial charge >= 0.3 is 0 Å². The van der Waals surface area contributed by atoms with E-state index in [2.05, 4.69) is 20.8 Å². The smallest absolute Gasteiger partial charge is 0.0414 e. The predicted molar refractivity (Wildman–Crippen MR) is 141 cm³/mol. The Bertz CT molecular complexity index is 282. The van der Waals surface area contributed by atoms with Gasteiger partial charge in [0.15, 0.2) is 0 Å². The average molecular weight is 423 g/mol. The summed E-state index contributed by atoms with van der Waals surface area (Å²) in [6.07, 6.45) is 38.3. The zero-order valence-electron chi connectivity index (χ0n) is 22.0. The number of rotatable bonds is 26. The van der Waals surface area contributed by atoms with Crippen molar-refractivity contribution in [3.8, 4) is 0 Å². The van der Waals surface area contributed by atoms with Crippen LogP contribution in [-0.2, 0) is 0 Å². The van der Waals surface area contributed by atoms with Gasteiger partial charge in [0.2, 0.25) is 0 Å². The van der Waals surface area contributed by atoms with Gasteiger partial charge in [0.1, 0.15) is 0 Å². The van der Waals surface area contributed by atoms with Crippen molar-refractivity contribution in [2.24, 2.45) is 5.92 Å². The normalized spacial score (nSPS) is 12.5. The Morgan fingerprint density at radius 3 is 0.867 bits per heavy atom. The average Bonchev–Trinajstić information content (AvgIpc) is 2.75. The summed E-state index contributed by atoms with van der Waals surface area (Å²) < 4.78 is 0. The van der Waals surface area contributed by atoms with E-state index in [4.69, 9.17) is 0 Å².